The van der Waals surface area contributed by atoms with Crippen LogP contribution in [0.4, 0.5) is 0 Å². The maximum absolute atomic E-state index is 11.8. The number of esters is 1. The first kappa shape index (κ1) is 15.9. The summed E-state index contributed by atoms with van der Waals surface area (Å²) >= 11 is 4.83. The summed E-state index contributed by atoms with van der Waals surface area (Å²) in [6.07, 6.45) is 0.611. The van der Waals surface area contributed by atoms with E-state index in [9.17, 15) is 14.7 Å². The number of amides is 1. The van der Waals surface area contributed by atoms with Gasteiger partial charge in [-0.1, -0.05) is 18.3 Å². The van der Waals surface area contributed by atoms with Crippen molar-refractivity contribution < 1.29 is 19.4 Å². The molecule has 0 aliphatic carbocycles. The van der Waals surface area contributed by atoms with Crippen molar-refractivity contribution >= 4 is 29.6 Å². The fraction of sp³-hybridized carbons (Fsp3) is 0.308. The number of rotatable bonds is 6. The lowest BCUT2D eigenvalue weighted by Crippen LogP contribution is -2.51. The second kappa shape index (κ2) is 6.33. The smallest absolute Gasteiger partial charge is 0.331 e. The molecule has 0 aliphatic rings. The van der Waals surface area contributed by atoms with E-state index in [1.807, 2.05) is 0 Å². The van der Waals surface area contributed by atoms with Gasteiger partial charge in [0, 0.05) is 6.42 Å². The summed E-state index contributed by atoms with van der Waals surface area (Å²) < 4.78 is 4.68. The van der Waals surface area contributed by atoms with E-state index in [0.717, 1.165) is 0 Å². The Morgan fingerprint density at radius 3 is 2.75 bits per heavy atom. The first-order valence-corrected chi connectivity index (χ1v) is 6.16. The highest BCUT2D eigenvalue weighted by Gasteiger charge is 2.34. The van der Waals surface area contributed by atoms with E-state index in [1.165, 1.54) is 13.2 Å². The van der Waals surface area contributed by atoms with Crippen molar-refractivity contribution in [1.82, 2.24) is 5.32 Å². The minimum Gasteiger partial charge on any atom is -0.507 e. The molecule has 1 amide bonds. The maximum atomic E-state index is 11.8. The van der Waals surface area contributed by atoms with Gasteiger partial charge in [-0.3, -0.25) is 4.79 Å². The lowest BCUT2D eigenvalue weighted by atomic mass is 9.92. The number of carbonyl (C=O) groups is 2. The minimum atomic E-state index is -1.21. The van der Waals surface area contributed by atoms with E-state index in [2.05, 4.69) is 10.1 Å². The average Bonchev–Trinajstić information content (AvgIpc) is 2.40. The summed E-state index contributed by atoms with van der Waals surface area (Å²) in [5, 5.41) is 12.1. The highest BCUT2D eigenvalue weighted by molar-refractivity contribution is 7.80. The van der Waals surface area contributed by atoms with Crippen molar-refractivity contribution in [3.63, 3.8) is 0 Å². The van der Waals surface area contributed by atoms with E-state index in [1.54, 1.807) is 19.1 Å². The van der Waals surface area contributed by atoms with Gasteiger partial charge in [-0.25, -0.2) is 4.79 Å². The van der Waals surface area contributed by atoms with Crippen LogP contribution in [0, 0.1) is 0 Å². The zero-order chi connectivity index (χ0) is 15.3. The van der Waals surface area contributed by atoms with Gasteiger partial charge in [-0.15, -0.1) is 0 Å². The quantitative estimate of drug-likeness (QED) is 0.395. The predicted octanol–water partition coefficient (Wildman–Crippen LogP) is 0.247. The van der Waals surface area contributed by atoms with Crippen LogP contribution in [0.15, 0.2) is 18.2 Å². The Morgan fingerprint density at radius 2 is 2.25 bits per heavy atom. The average molecular weight is 296 g/mol. The Morgan fingerprint density at radius 1 is 1.60 bits per heavy atom. The molecular weight excluding hydrogens is 280 g/mol. The van der Waals surface area contributed by atoms with Crippen LogP contribution < -0.4 is 11.1 Å². The number of thiocarbonyl (C=S) groups is 1. The van der Waals surface area contributed by atoms with Gasteiger partial charge in [0.1, 0.15) is 16.3 Å². The molecule has 0 saturated carbocycles. The normalized spacial score (nSPS) is 13.1. The molecule has 0 fully saturated rings. The molecule has 4 N–H and O–H groups in total. The molecule has 7 heteroatoms. The van der Waals surface area contributed by atoms with Gasteiger partial charge in [0.25, 0.3) is 0 Å². The monoisotopic (exact) mass is 296 g/mol. The van der Waals surface area contributed by atoms with Crippen LogP contribution in [-0.4, -0.2) is 35.1 Å². The number of carbonyl (C=O) groups excluding carboxylic acids is 2. The Kier molecular flexibility index (Phi) is 5.04. The molecule has 0 bridgehead atoms. The van der Waals surface area contributed by atoms with E-state index in [4.69, 9.17) is 18.0 Å². The van der Waals surface area contributed by atoms with Crippen LogP contribution in [0.3, 0.4) is 0 Å². The number of aromatic hydroxyl groups is 1. The Hall–Kier alpha value is -2.15. The van der Waals surface area contributed by atoms with Gasteiger partial charge in [0.05, 0.1) is 12.7 Å². The van der Waals surface area contributed by atoms with Crippen LogP contribution in [0.25, 0.3) is 0 Å². The Labute approximate surface area is 121 Å². The number of benzene rings is 1. The van der Waals surface area contributed by atoms with E-state index < -0.39 is 11.5 Å². The lowest BCUT2D eigenvalue weighted by molar-refractivity contribution is -0.148. The molecule has 0 radical (unpaired) electrons. The van der Waals surface area contributed by atoms with Crippen molar-refractivity contribution in [3.05, 3.63) is 29.3 Å². The molecule has 0 saturated heterocycles. The second-order valence-corrected chi connectivity index (χ2v) is 4.92. The largest absolute Gasteiger partial charge is 0.507 e. The molecule has 1 rings (SSSR count). The van der Waals surface area contributed by atoms with Crippen molar-refractivity contribution in [2.45, 2.75) is 18.9 Å². The summed E-state index contributed by atoms with van der Waals surface area (Å²) in [6.45, 7) is 1.54. The van der Waals surface area contributed by atoms with Gasteiger partial charge < -0.3 is 20.9 Å². The first-order chi connectivity index (χ1) is 9.34. The summed E-state index contributed by atoms with van der Waals surface area (Å²) in [6, 6.07) is 4.62. The highest BCUT2D eigenvalue weighted by atomic mass is 32.1. The van der Waals surface area contributed by atoms with Gasteiger partial charge in [-0.05, 0) is 24.6 Å². The molecule has 20 heavy (non-hydrogen) atoms. The van der Waals surface area contributed by atoms with Gasteiger partial charge in [0.2, 0.25) is 6.41 Å². The van der Waals surface area contributed by atoms with E-state index in [0.29, 0.717) is 17.5 Å². The minimum absolute atomic E-state index is 0.0376. The van der Waals surface area contributed by atoms with Crippen molar-refractivity contribution in [2.75, 3.05) is 7.11 Å². The van der Waals surface area contributed by atoms with Crippen molar-refractivity contribution in [3.8, 4) is 5.75 Å². The third-order valence-corrected chi connectivity index (χ3v) is 3.12. The molecule has 0 spiro atoms. The van der Waals surface area contributed by atoms with Crippen molar-refractivity contribution in [1.29, 1.82) is 0 Å². The lowest BCUT2D eigenvalue weighted by Gasteiger charge is -2.26. The molecule has 1 atom stereocenters. The number of phenols is 1. The molecule has 6 nitrogen and oxygen atoms in total. The summed E-state index contributed by atoms with van der Waals surface area (Å²) in [7, 11) is 1.24. The number of hydrogen-bond donors (Lipinski definition) is 3. The summed E-state index contributed by atoms with van der Waals surface area (Å²) in [4.78, 5) is 22.5. The van der Waals surface area contributed by atoms with Gasteiger partial charge >= 0.3 is 5.97 Å². The molecule has 0 unspecified atom stereocenters. The highest BCUT2D eigenvalue weighted by Crippen LogP contribution is 2.22. The zero-order valence-corrected chi connectivity index (χ0v) is 12.0. The predicted molar refractivity (Wildman–Crippen MR) is 77.3 cm³/mol. The maximum Gasteiger partial charge on any atom is 0.331 e. The third kappa shape index (κ3) is 3.45. The SMILES string of the molecule is COC(=O)[C@@](C)(Cc1ccc(O)c(C(N)=S)c1)NC=O. The molecular formula is C13H16N2O4S. The number of methoxy groups -OCH3 is 1. The number of phenolic OH excluding ortho intramolecular Hbond substituents is 1. The second-order valence-electron chi connectivity index (χ2n) is 4.48. The number of ether oxygens (including phenoxy) is 1. The standard InChI is InChI=1S/C13H16N2O4S/c1-13(15-7-16,12(18)19-2)6-8-3-4-10(17)9(5-8)11(14)20/h3-5,7,17H,6H2,1-2H3,(H2,14,20)(H,15,16)/t13-/m1/s1. The Balaban J connectivity index is 3.12. The molecule has 1 aromatic rings. The fourth-order valence-corrected chi connectivity index (χ4v) is 2.00. The number of hydrogen-bond acceptors (Lipinski definition) is 5. The van der Waals surface area contributed by atoms with Gasteiger partial charge in [-0.2, -0.15) is 0 Å². The number of nitrogens with one attached hydrogen (secondary N) is 1. The zero-order valence-electron chi connectivity index (χ0n) is 11.2. The molecule has 108 valence electrons. The van der Waals surface area contributed by atoms with Crippen molar-refractivity contribution in [2.24, 2.45) is 5.73 Å². The van der Waals surface area contributed by atoms with E-state index >= 15 is 0 Å². The Bertz CT molecular complexity index is 547. The molecule has 0 heterocycles. The van der Waals surface area contributed by atoms with Crippen LogP contribution in [0.5, 0.6) is 5.75 Å². The summed E-state index contributed by atoms with van der Waals surface area (Å²) in [5.41, 5.74) is 5.28. The van der Waals surface area contributed by atoms with Crippen LogP contribution in [0.1, 0.15) is 18.1 Å². The van der Waals surface area contributed by atoms with Crippen LogP contribution in [0.2, 0.25) is 0 Å². The summed E-state index contributed by atoms with van der Waals surface area (Å²) in [5.74, 6) is -0.612. The topological polar surface area (TPSA) is 102 Å². The fourth-order valence-electron chi connectivity index (χ4n) is 1.84. The first-order valence-electron chi connectivity index (χ1n) is 5.75. The van der Waals surface area contributed by atoms with Gasteiger partial charge in [0.15, 0.2) is 0 Å². The van der Waals surface area contributed by atoms with Crippen LogP contribution in [-0.2, 0) is 20.7 Å². The molecule has 0 aliphatic heterocycles. The molecule has 0 aromatic heterocycles. The third-order valence-electron chi connectivity index (χ3n) is 2.90. The molecule has 1 aromatic carbocycles. The van der Waals surface area contributed by atoms with E-state index in [-0.39, 0.29) is 17.2 Å². The number of nitrogens with two attached hydrogens (primary N) is 1. The van der Waals surface area contributed by atoms with Crippen LogP contribution >= 0.6 is 12.2 Å².